The maximum Gasteiger partial charge on any atom is 0.303 e. The molecule has 82 valence electrons. The Kier molecular flexibility index (Phi) is 4.90. The van der Waals surface area contributed by atoms with Crippen molar-refractivity contribution >= 4 is 5.97 Å². The minimum absolute atomic E-state index is 0.198. The lowest BCUT2D eigenvalue weighted by Gasteiger charge is -2.18. The SMILES string of the molecule is O=C(O)CC1CCCN(CCO)CC1. The topological polar surface area (TPSA) is 60.8 Å². The zero-order valence-electron chi connectivity index (χ0n) is 8.48. The van der Waals surface area contributed by atoms with Gasteiger partial charge in [0.15, 0.2) is 0 Å². The van der Waals surface area contributed by atoms with Crippen molar-refractivity contribution in [1.29, 1.82) is 0 Å². The molecule has 0 radical (unpaired) electrons. The fourth-order valence-corrected chi connectivity index (χ4v) is 2.04. The van der Waals surface area contributed by atoms with Crippen LogP contribution < -0.4 is 0 Å². The Morgan fingerprint density at radius 1 is 1.36 bits per heavy atom. The largest absolute Gasteiger partial charge is 0.481 e. The zero-order valence-corrected chi connectivity index (χ0v) is 8.48. The first kappa shape index (κ1) is 11.5. The van der Waals surface area contributed by atoms with Gasteiger partial charge in [0.05, 0.1) is 6.61 Å². The lowest BCUT2D eigenvalue weighted by Crippen LogP contribution is -2.27. The van der Waals surface area contributed by atoms with E-state index in [1.54, 1.807) is 0 Å². The van der Waals surface area contributed by atoms with Crippen LogP contribution in [-0.4, -0.2) is 47.3 Å². The second-order valence-corrected chi connectivity index (χ2v) is 3.96. The number of aliphatic hydroxyl groups excluding tert-OH is 1. The van der Waals surface area contributed by atoms with Gasteiger partial charge in [-0.15, -0.1) is 0 Å². The summed E-state index contributed by atoms with van der Waals surface area (Å²) in [7, 11) is 0. The van der Waals surface area contributed by atoms with Gasteiger partial charge in [-0.2, -0.15) is 0 Å². The van der Waals surface area contributed by atoms with Crippen LogP contribution in [0.15, 0.2) is 0 Å². The van der Waals surface area contributed by atoms with Gasteiger partial charge in [-0.05, 0) is 38.3 Å². The average Bonchev–Trinajstić information content (AvgIpc) is 2.31. The van der Waals surface area contributed by atoms with E-state index in [-0.39, 0.29) is 6.61 Å². The van der Waals surface area contributed by atoms with Gasteiger partial charge < -0.3 is 15.1 Å². The predicted molar refractivity (Wildman–Crippen MR) is 53.1 cm³/mol. The second-order valence-electron chi connectivity index (χ2n) is 3.96. The molecule has 1 unspecified atom stereocenters. The number of rotatable bonds is 4. The van der Waals surface area contributed by atoms with Gasteiger partial charge in [-0.25, -0.2) is 0 Å². The summed E-state index contributed by atoms with van der Waals surface area (Å²) in [5.74, 6) is -0.359. The van der Waals surface area contributed by atoms with Gasteiger partial charge in [-0.3, -0.25) is 4.79 Å². The molecule has 0 aliphatic carbocycles. The zero-order chi connectivity index (χ0) is 10.4. The fraction of sp³-hybridized carbons (Fsp3) is 0.900. The molecule has 0 spiro atoms. The molecule has 1 atom stereocenters. The van der Waals surface area contributed by atoms with Crippen LogP contribution >= 0.6 is 0 Å². The Labute approximate surface area is 84.5 Å². The minimum atomic E-state index is -0.689. The number of nitrogens with zero attached hydrogens (tertiary/aromatic N) is 1. The molecule has 0 aromatic carbocycles. The summed E-state index contributed by atoms with van der Waals surface area (Å²) in [6.45, 7) is 2.85. The highest BCUT2D eigenvalue weighted by molar-refractivity contribution is 5.66. The van der Waals surface area contributed by atoms with Crippen LogP contribution in [0.3, 0.4) is 0 Å². The fourth-order valence-electron chi connectivity index (χ4n) is 2.04. The Morgan fingerprint density at radius 3 is 2.79 bits per heavy atom. The monoisotopic (exact) mass is 201 g/mol. The van der Waals surface area contributed by atoms with Crippen molar-refractivity contribution in [2.24, 2.45) is 5.92 Å². The molecular weight excluding hydrogens is 182 g/mol. The molecule has 1 aliphatic heterocycles. The number of carboxylic acids is 1. The lowest BCUT2D eigenvalue weighted by atomic mass is 9.97. The maximum absolute atomic E-state index is 10.5. The van der Waals surface area contributed by atoms with E-state index in [0.717, 1.165) is 38.9 Å². The highest BCUT2D eigenvalue weighted by Crippen LogP contribution is 2.20. The van der Waals surface area contributed by atoms with Gasteiger partial charge in [0.25, 0.3) is 0 Å². The summed E-state index contributed by atoms with van der Waals surface area (Å²) < 4.78 is 0. The van der Waals surface area contributed by atoms with Crippen LogP contribution in [0.1, 0.15) is 25.7 Å². The summed E-state index contributed by atoms with van der Waals surface area (Å²) in [5.41, 5.74) is 0. The first-order valence-electron chi connectivity index (χ1n) is 5.27. The van der Waals surface area contributed by atoms with Crippen LogP contribution in [0.5, 0.6) is 0 Å². The molecule has 14 heavy (non-hydrogen) atoms. The van der Waals surface area contributed by atoms with Crippen molar-refractivity contribution in [1.82, 2.24) is 4.90 Å². The molecule has 1 rings (SSSR count). The van der Waals surface area contributed by atoms with Gasteiger partial charge in [0.1, 0.15) is 0 Å². The molecule has 0 saturated carbocycles. The van der Waals surface area contributed by atoms with E-state index in [0.29, 0.717) is 12.3 Å². The van der Waals surface area contributed by atoms with Gasteiger partial charge in [0, 0.05) is 13.0 Å². The Hall–Kier alpha value is -0.610. The molecule has 1 fully saturated rings. The normalized spacial score (nSPS) is 24.5. The Bertz CT molecular complexity index is 184. The third kappa shape index (κ3) is 4.07. The summed E-state index contributed by atoms with van der Waals surface area (Å²) >= 11 is 0. The third-order valence-corrected chi connectivity index (χ3v) is 2.82. The van der Waals surface area contributed by atoms with E-state index < -0.39 is 5.97 Å². The van der Waals surface area contributed by atoms with E-state index in [4.69, 9.17) is 10.2 Å². The summed E-state index contributed by atoms with van der Waals surface area (Å²) in [6, 6.07) is 0. The smallest absolute Gasteiger partial charge is 0.303 e. The van der Waals surface area contributed by atoms with E-state index >= 15 is 0 Å². The molecule has 0 amide bonds. The molecule has 1 heterocycles. The van der Waals surface area contributed by atoms with Crippen LogP contribution in [-0.2, 0) is 4.79 Å². The number of carbonyl (C=O) groups is 1. The van der Waals surface area contributed by atoms with Crippen LogP contribution in [0, 0.1) is 5.92 Å². The second kappa shape index (κ2) is 5.98. The number of hydrogen-bond acceptors (Lipinski definition) is 3. The molecule has 4 nitrogen and oxygen atoms in total. The molecular formula is C10H19NO3. The average molecular weight is 201 g/mol. The first-order valence-corrected chi connectivity index (χ1v) is 5.27. The summed E-state index contributed by atoms with van der Waals surface area (Å²) in [4.78, 5) is 12.7. The van der Waals surface area contributed by atoms with Gasteiger partial charge in [-0.1, -0.05) is 0 Å². The van der Waals surface area contributed by atoms with Crippen molar-refractivity contribution in [3.8, 4) is 0 Å². The van der Waals surface area contributed by atoms with Crippen molar-refractivity contribution in [3.63, 3.8) is 0 Å². The molecule has 2 N–H and O–H groups in total. The molecule has 0 bridgehead atoms. The number of aliphatic hydroxyl groups is 1. The minimum Gasteiger partial charge on any atom is -0.481 e. The number of likely N-dealkylation sites (tertiary alicyclic amines) is 1. The predicted octanol–water partition coefficient (Wildman–Crippen LogP) is 0.556. The van der Waals surface area contributed by atoms with Crippen LogP contribution in [0.4, 0.5) is 0 Å². The Balaban J connectivity index is 2.29. The van der Waals surface area contributed by atoms with Crippen molar-refractivity contribution < 1.29 is 15.0 Å². The highest BCUT2D eigenvalue weighted by Gasteiger charge is 2.18. The first-order chi connectivity index (χ1) is 6.72. The van der Waals surface area contributed by atoms with E-state index in [9.17, 15) is 4.79 Å². The number of hydrogen-bond donors (Lipinski definition) is 2. The summed E-state index contributed by atoms with van der Waals surface area (Å²) in [5, 5.41) is 17.5. The number of aliphatic carboxylic acids is 1. The van der Waals surface area contributed by atoms with E-state index in [1.807, 2.05) is 0 Å². The van der Waals surface area contributed by atoms with Crippen molar-refractivity contribution in [2.75, 3.05) is 26.2 Å². The van der Waals surface area contributed by atoms with Crippen molar-refractivity contribution in [2.45, 2.75) is 25.7 Å². The molecule has 4 heteroatoms. The van der Waals surface area contributed by atoms with E-state index in [1.165, 1.54) is 0 Å². The number of β-amino-alcohol motifs (C(OH)–C–C–N with tert-alkyl or cyclic N) is 1. The van der Waals surface area contributed by atoms with Crippen LogP contribution in [0.25, 0.3) is 0 Å². The lowest BCUT2D eigenvalue weighted by molar-refractivity contribution is -0.138. The van der Waals surface area contributed by atoms with E-state index in [2.05, 4.69) is 4.90 Å². The summed E-state index contributed by atoms with van der Waals surface area (Å²) in [6.07, 6.45) is 3.31. The van der Waals surface area contributed by atoms with Crippen molar-refractivity contribution in [3.05, 3.63) is 0 Å². The Morgan fingerprint density at radius 2 is 2.14 bits per heavy atom. The molecule has 1 saturated heterocycles. The standard InChI is InChI=1S/C10H19NO3/c12-7-6-11-4-1-2-9(3-5-11)8-10(13)14/h9,12H,1-8H2,(H,13,14). The molecule has 0 aromatic rings. The van der Waals surface area contributed by atoms with Crippen LogP contribution in [0.2, 0.25) is 0 Å². The quantitative estimate of drug-likeness (QED) is 0.697. The maximum atomic E-state index is 10.5. The molecule has 1 aliphatic rings. The highest BCUT2D eigenvalue weighted by atomic mass is 16.4. The van der Waals surface area contributed by atoms with Gasteiger partial charge in [0.2, 0.25) is 0 Å². The number of carboxylic acid groups (broad SMARTS) is 1. The third-order valence-electron chi connectivity index (χ3n) is 2.82. The molecule has 0 aromatic heterocycles. The van der Waals surface area contributed by atoms with Gasteiger partial charge >= 0.3 is 5.97 Å².